The van der Waals surface area contributed by atoms with Crippen LogP contribution in [0.15, 0.2) is 78.9 Å². The summed E-state index contributed by atoms with van der Waals surface area (Å²) in [6, 6.07) is 26.9. The van der Waals surface area contributed by atoms with Crippen LogP contribution in [0.3, 0.4) is 0 Å². The third-order valence-corrected chi connectivity index (χ3v) is 6.96. The van der Waals surface area contributed by atoms with Crippen LogP contribution in [-0.2, 0) is 9.53 Å². The monoisotopic (exact) mass is 456 g/mol. The van der Waals surface area contributed by atoms with Crippen molar-refractivity contribution >= 4 is 5.91 Å². The van der Waals surface area contributed by atoms with Crippen molar-refractivity contribution < 1.29 is 14.3 Å². The molecule has 5 rings (SSSR count). The lowest BCUT2D eigenvalue weighted by molar-refractivity contribution is -0.144. The number of rotatable bonds is 6. The Morgan fingerprint density at radius 1 is 1.00 bits per heavy atom. The van der Waals surface area contributed by atoms with Crippen molar-refractivity contribution in [3.63, 3.8) is 0 Å². The number of morpholine rings is 1. The maximum atomic E-state index is 13.9. The predicted octanol–water partition coefficient (Wildman–Crippen LogP) is 4.66. The zero-order valence-electron chi connectivity index (χ0n) is 19.7. The Labute approximate surface area is 201 Å². The number of hydrogen-bond acceptors (Lipinski definition) is 4. The molecular formula is C29H32N2O3. The maximum Gasteiger partial charge on any atom is 0.228 e. The van der Waals surface area contributed by atoms with Gasteiger partial charge >= 0.3 is 0 Å². The number of nitrogens with one attached hydrogen (secondary N) is 1. The molecule has 5 nitrogen and oxygen atoms in total. The first kappa shape index (κ1) is 22.6. The van der Waals surface area contributed by atoms with Crippen LogP contribution in [0.1, 0.15) is 30.0 Å². The molecule has 2 aliphatic heterocycles. The Kier molecular flexibility index (Phi) is 6.93. The van der Waals surface area contributed by atoms with E-state index in [2.05, 4.69) is 53.8 Å². The molecule has 3 aromatic rings. The topological polar surface area (TPSA) is 50.8 Å². The molecule has 0 unspecified atom stereocenters. The molecule has 3 aromatic carbocycles. The van der Waals surface area contributed by atoms with Crippen molar-refractivity contribution in [1.29, 1.82) is 0 Å². The van der Waals surface area contributed by atoms with E-state index in [9.17, 15) is 4.79 Å². The molecule has 2 saturated heterocycles. The fourth-order valence-corrected chi connectivity index (χ4v) is 5.28. The Balaban J connectivity index is 1.43. The Morgan fingerprint density at radius 3 is 2.56 bits per heavy atom. The molecule has 1 amide bonds. The number of amides is 1. The number of carbonyl (C=O) groups excluding carboxylic acids is 1. The Morgan fingerprint density at radius 2 is 1.76 bits per heavy atom. The second kappa shape index (κ2) is 10.4. The second-order valence-electron chi connectivity index (χ2n) is 8.95. The van der Waals surface area contributed by atoms with E-state index in [4.69, 9.17) is 9.47 Å². The van der Waals surface area contributed by atoms with Gasteiger partial charge in [-0.1, -0.05) is 66.7 Å². The van der Waals surface area contributed by atoms with E-state index < -0.39 is 0 Å². The van der Waals surface area contributed by atoms with Crippen molar-refractivity contribution in [2.75, 3.05) is 39.5 Å². The maximum absolute atomic E-state index is 13.9. The number of hydrogen-bond donors (Lipinski definition) is 1. The van der Waals surface area contributed by atoms with E-state index in [0.717, 1.165) is 23.4 Å². The minimum Gasteiger partial charge on any atom is -0.494 e. The summed E-state index contributed by atoms with van der Waals surface area (Å²) < 4.78 is 11.4. The minimum absolute atomic E-state index is 0.0370. The first-order valence-electron chi connectivity index (χ1n) is 12.2. The molecule has 2 heterocycles. The standard InChI is InChI=1S/C29H32N2O3/c1-2-34-23-14-12-21(13-15-23)24-10-6-7-11-25(24)26-18-30-19-27(26)29(32)31-16-17-33-20-28(31)22-8-4-3-5-9-22/h3-15,26-28,30H,2,16-20H2,1H3/t26-,27+,28+/m0/s1. The van der Waals surface area contributed by atoms with E-state index in [-0.39, 0.29) is 23.8 Å². The molecular weight excluding hydrogens is 424 g/mol. The van der Waals surface area contributed by atoms with Crippen molar-refractivity contribution in [2.45, 2.75) is 18.9 Å². The highest BCUT2D eigenvalue weighted by molar-refractivity contribution is 5.82. The van der Waals surface area contributed by atoms with Crippen molar-refractivity contribution in [1.82, 2.24) is 10.2 Å². The molecule has 0 saturated carbocycles. The number of ether oxygens (including phenoxy) is 2. The molecule has 2 fully saturated rings. The zero-order valence-corrected chi connectivity index (χ0v) is 19.7. The van der Waals surface area contributed by atoms with Crippen molar-refractivity contribution in [3.05, 3.63) is 90.0 Å². The number of carbonyl (C=O) groups is 1. The Hall–Kier alpha value is -3.15. The van der Waals surface area contributed by atoms with Crippen molar-refractivity contribution in [3.8, 4) is 16.9 Å². The molecule has 2 aliphatic rings. The van der Waals surface area contributed by atoms with Gasteiger partial charge in [0.2, 0.25) is 5.91 Å². The highest BCUT2D eigenvalue weighted by Gasteiger charge is 2.40. The van der Waals surface area contributed by atoms with Gasteiger partial charge in [-0.3, -0.25) is 4.79 Å². The lowest BCUT2D eigenvalue weighted by Crippen LogP contribution is -2.47. The van der Waals surface area contributed by atoms with Crippen LogP contribution in [0.5, 0.6) is 5.75 Å². The smallest absolute Gasteiger partial charge is 0.228 e. The van der Waals surface area contributed by atoms with Crippen LogP contribution in [0.2, 0.25) is 0 Å². The van der Waals surface area contributed by atoms with Gasteiger partial charge in [-0.2, -0.15) is 0 Å². The van der Waals surface area contributed by atoms with Gasteiger partial charge in [0.15, 0.2) is 0 Å². The first-order valence-corrected chi connectivity index (χ1v) is 12.2. The molecule has 0 radical (unpaired) electrons. The molecule has 0 aromatic heterocycles. The summed E-state index contributed by atoms with van der Waals surface area (Å²) >= 11 is 0. The fourth-order valence-electron chi connectivity index (χ4n) is 5.28. The van der Waals surface area contributed by atoms with Crippen LogP contribution in [0, 0.1) is 5.92 Å². The fraction of sp³-hybridized carbons (Fsp3) is 0.345. The quantitative estimate of drug-likeness (QED) is 0.586. The summed E-state index contributed by atoms with van der Waals surface area (Å²) in [7, 11) is 0. The lowest BCUT2D eigenvalue weighted by Gasteiger charge is -2.38. The summed E-state index contributed by atoms with van der Waals surface area (Å²) in [5, 5.41) is 3.50. The van der Waals surface area contributed by atoms with Gasteiger partial charge in [0.1, 0.15) is 5.75 Å². The average molecular weight is 457 g/mol. The average Bonchev–Trinajstić information content (AvgIpc) is 3.39. The van der Waals surface area contributed by atoms with Gasteiger partial charge in [0.05, 0.1) is 31.8 Å². The summed E-state index contributed by atoms with van der Waals surface area (Å²) in [6.45, 7) is 5.89. The zero-order chi connectivity index (χ0) is 23.3. The molecule has 5 heteroatoms. The van der Waals surface area contributed by atoms with E-state index in [1.807, 2.05) is 42.2 Å². The predicted molar refractivity (Wildman–Crippen MR) is 134 cm³/mol. The number of benzene rings is 3. The van der Waals surface area contributed by atoms with E-state index in [1.165, 1.54) is 11.1 Å². The number of nitrogens with zero attached hydrogens (tertiary/aromatic N) is 1. The molecule has 3 atom stereocenters. The summed E-state index contributed by atoms with van der Waals surface area (Å²) in [5.41, 5.74) is 4.68. The van der Waals surface area contributed by atoms with Crippen LogP contribution in [0.25, 0.3) is 11.1 Å². The van der Waals surface area contributed by atoms with E-state index in [0.29, 0.717) is 32.9 Å². The van der Waals surface area contributed by atoms with Gasteiger partial charge in [-0.15, -0.1) is 0 Å². The molecule has 34 heavy (non-hydrogen) atoms. The SMILES string of the molecule is CCOc1ccc(-c2ccccc2[C@@H]2CNC[C@H]2C(=O)N2CCOC[C@@H]2c2ccccc2)cc1. The highest BCUT2D eigenvalue weighted by atomic mass is 16.5. The lowest BCUT2D eigenvalue weighted by atomic mass is 9.83. The Bertz CT molecular complexity index is 1100. The van der Waals surface area contributed by atoms with Crippen LogP contribution < -0.4 is 10.1 Å². The third kappa shape index (κ3) is 4.59. The minimum atomic E-state index is -0.104. The summed E-state index contributed by atoms with van der Waals surface area (Å²) in [4.78, 5) is 16.0. The molecule has 0 bridgehead atoms. The van der Waals surface area contributed by atoms with Gasteiger partial charge in [0, 0.05) is 25.6 Å². The second-order valence-corrected chi connectivity index (χ2v) is 8.95. The summed E-state index contributed by atoms with van der Waals surface area (Å²) in [6.07, 6.45) is 0. The van der Waals surface area contributed by atoms with Gasteiger partial charge in [-0.05, 0) is 41.3 Å². The van der Waals surface area contributed by atoms with Gasteiger partial charge in [-0.25, -0.2) is 0 Å². The third-order valence-electron chi connectivity index (χ3n) is 6.96. The molecule has 176 valence electrons. The van der Waals surface area contributed by atoms with E-state index in [1.54, 1.807) is 0 Å². The van der Waals surface area contributed by atoms with E-state index >= 15 is 0 Å². The largest absolute Gasteiger partial charge is 0.494 e. The molecule has 1 N–H and O–H groups in total. The molecule has 0 spiro atoms. The summed E-state index contributed by atoms with van der Waals surface area (Å²) in [5.74, 6) is 1.11. The van der Waals surface area contributed by atoms with Crippen molar-refractivity contribution in [2.24, 2.45) is 5.92 Å². The van der Waals surface area contributed by atoms with Crippen LogP contribution in [-0.4, -0.2) is 50.3 Å². The van der Waals surface area contributed by atoms with Gasteiger partial charge < -0.3 is 19.7 Å². The normalized spacial score (nSPS) is 22.5. The van der Waals surface area contributed by atoms with Crippen LogP contribution in [0.4, 0.5) is 0 Å². The van der Waals surface area contributed by atoms with Gasteiger partial charge in [0.25, 0.3) is 0 Å². The van der Waals surface area contributed by atoms with Crippen LogP contribution >= 0.6 is 0 Å². The highest BCUT2D eigenvalue weighted by Crippen LogP contribution is 2.38. The molecule has 0 aliphatic carbocycles. The first-order chi connectivity index (χ1) is 16.8.